The quantitative estimate of drug-likeness (QED) is 0.538. The number of likely N-dealkylation sites (N-methyl/N-ethyl adjacent to an activating group) is 1. The standard InChI is InChI=1S/C25H31N5O4/c1-29-20(8-9-22(31)27-14-18-3-2-11-26-13-18)15-28-24(32)23-21(29)10-12-30(23)16-17-4-6-19(7-5-17)25(33)34/h2-7,11,13,20-21,23H,8-10,12,14-16H2,1H3,(H,27,31)(H,28,32)(H,33,34). The zero-order valence-electron chi connectivity index (χ0n) is 19.3. The van der Waals surface area contributed by atoms with Crippen molar-refractivity contribution < 1.29 is 19.5 Å². The number of hydrogen-bond donors (Lipinski definition) is 3. The van der Waals surface area contributed by atoms with Gasteiger partial charge >= 0.3 is 5.97 Å². The summed E-state index contributed by atoms with van der Waals surface area (Å²) in [6.07, 6.45) is 5.36. The van der Waals surface area contributed by atoms with Crippen molar-refractivity contribution in [2.75, 3.05) is 20.1 Å². The Hall–Kier alpha value is -3.30. The van der Waals surface area contributed by atoms with Crippen molar-refractivity contribution in [1.82, 2.24) is 25.4 Å². The number of carbonyl (C=O) groups excluding carboxylic acids is 2. The normalized spacial score (nSPS) is 23.1. The van der Waals surface area contributed by atoms with Crippen LogP contribution in [0.2, 0.25) is 0 Å². The lowest BCUT2D eigenvalue weighted by atomic mass is 10.0. The summed E-state index contributed by atoms with van der Waals surface area (Å²) in [4.78, 5) is 44.9. The molecule has 2 aliphatic rings. The van der Waals surface area contributed by atoms with Crippen molar-refractivity contribution in [3.8, 4) is 0 Å². The Bertz CT molecular complexity index is 1010. The van der Waals surface area contributed by atoms with Gasteiger partial charge in [-0.2, -0.15) is 0 Å². The van der Waals surface area contributed by atoms with Gasteiger partial charge in [0.05, 0.1) is 5.56 Å². The van der Waals surface area contributed by atoms with Crippen LogP contribution in [0.3, 0.4) is 0 Å². The Morgan fingerprint density at radius 2 is 2.00 bits per heavy atom. The molecule has 0 aliphatic carbocycles. The Morgan fingerprint density at radius 3 is 2.71 bits per heavy atom. The van der Waals surface area contributed by atoms with Gasteiger partial charge in [-0.15, -0.1) is 0 Å². The maximum Gasteiger partial charge on any atom is 0.335 e. The van der Waals surface area contributed by atoms with Crippen LogP contribution < -0.4 is 10.6 Å². The molecule has 9 nitrogen and oxygen atoms in total. The number of benzene rings is 1. The van der Waals surface area contributed by atoms with E-state index in [1.54, 1.807) is 24.5 Å². The number of carboxylic acids is 1. The summed E-state index contributed by atoms with van der Waals surface area (Å²) in [5, 5.41) is 15.1. The first-order valence-corrected chi connectivity index (χ1v) is 11.6. The summed E-state index contributed by atoms with van der Waals surface area (Å²) in [6, 6.07) is 10.5. The summed E-state index contributed by atoms with van der Waals surface area (Å²) in [6.45, 7) is 2.34. The van der Waals surface area contributed by atoms with Crippen LogP contribution in [0.4, 0.5) is 0 Å². The van der Waals surface area contributed by atoms with E-state index in [2.05, 4.69) is 25.4 Å². The number of aromatic nitrogens is 1. The van der Waals surface area contributed by atoms with Gasteiger partial charge in [-0.1, -0.05) is 18.2 Å². The Labute approximate surface area is 199 Å². The molecule has 3 unspecified atom stereocenters. The van der Waals surface area contributed by atoms with Crippen LogP contribution in [0.5, 0.6) is 0 Å². The van der Waals surface area contributed by atoms with Gasteiger partial charge in [0.1, 0.15) is 6.04 Å². The molecular formula is C25H31N5O4. The Kier molecular flexibility index (Phi) is 7.54. The fourth-order valence-corrected chi connectivity index (χ4v) is 4.90. The molecule has 0 saturated carbocycles. The van der Waals surface area contributed by atoms with Crippen LogP contribution in [0.15, 0.2) is 48.8 Å². The first-order chi connectivity index (χ1) is 16.4. The number of carbonyl (C=O) groups is 3. The van der Waals surface area contributed by atoms with E-state index in [9.17, 15) is 14.4 Å². The van der Waals surface area contributed by atoms with E-state index in [0.717, 1.165) is 24.1 Å². The molecule has 0 spiro atoms. The highest BCUT2D eigenvalue weighted by Crippen LogP contribution is 2.28. The SMILES string of the molecule is CN1C(CCC(=O)NCc2cccnc2)CNC(=O)C2C1CCN2Cc1ccc(C(=O)O)cc1. The molecule has 0 radical (unpaired) electrons. The summed E-state index contributed by atoms with van der Waals surface area (Å²) in [5.74, 6) is -0.948. The van der Waals surface area contributed by atoms with Crippen LogP contribution in [-0.4, -0.2) is 75.9 Å². The molecule has 2 fully saturated rings. The number of carboxylic acid groups (broad SMARTS) is 1. The van der Waals surface area contributed by atoms with Crippen LogP contribution >= 0.6 is 0 Å². The number of nitrogens with one attached hydrogen (secondary N) is 2. The highest BCUT2D eigenvalue weighted by atomic mass is 16.4. The smallest absolute Gasteiger partial charge is 0.335 e. The number of pyridine rings is 1. The topological polar surface area (TPSA) is 115 Å². The summed E-state index contributed by atoms with van der Waals surface area (Å²) in [5.41, 5.74) is 2.19. The number of rotatable bonds is 8. The predicted octanol–water partition coefficient (Wildman–Crippen LogP) is 1.25. The zero-order chi connectivity index (χ0) is 24.1. The molecular weight excluding hydrogens is 434 g/mol. The van der Waals surface area contributed by atoms with Gasteiger partial charge in [-0.3, -0.25) is 24.4 Å². The summed E-state index contributed by atoms with van der Waals surface area (Å²) >= 11 is 0. The maximum absolute atomic E-state index is 13.0. The van der Waals surface area contributed by atoms with Gasteiger partial charge in [0.15, 0.2) is 0 Å². The van der Waals surface area contributed by atoms with Gasteiger partial charge in [0.25, 0.3) is 0 Å². The lowest BCUT2D eigenvalue weighted by Gasteiger charge is -2.33. The predicted molar refractivity (Wildman–Crippen MR) is 126 cm³/mol. The number of hydrogen-bond acceptors (Lipinski definition) is 6. The lowest BCUT2D eigenvalue weighted by molar-refractivity contribution is -0.126. The van der Waals surface area contributed by atoms with E-state index in [0.29, 0.717) is 32.5 Å². The van der Waals surface area contributed by atoms with E-state index in [4.69, 9.17) is 5.11 Å². The van der Waals surface area contributed by atoms with E-state index in [1.165, 1.54) is 0 Å². The van der Waals surface area contributed by atoms with Gasteiger partial charge < -0.3 is 15.7 Å². The summed E-state index contributed by atoms with van der Waals surface area (Å²) < 4.78 is 0. The van der Waals surface area contributed by atoms with E-state index >= 15 is 0 Å². The number of nitrogens with zero attached hydrogens (tertiary/aromatic N) is 3. The average Bonchev–Trinajstić information content (AvgIpc) is 3.21. The minimum Gasteiger partial charge on any atom is -0.478 e. The highest BCUT2D eigenvalue weighted by molar-refractivity contribution is 5.87. The highest BCUT2D eigenvalue weighted by Gasteiger charge is 2.44. The van der Waals surface area contributed by atoms with Gasteiger partial charge in [0, 0.05) is 57.1 Å². The molecule has 1 aromatic carbocycles. The van der Waals surface area contributed by atoms with Crippen LogP contribution in [0, 0.1) is 0 Å². The third-order valence-corrected chi connectivity index (χ3v) is 6.85. The second-order valence-corrected chi connectivity index (χ2v) is 9.01. The van der Waals surface area contributed by atoms with Crippen molar-refractivity contribution in [2.24, 2.45) is 0 Å². The van der Waals surface area contributed by atoms with E-state index in [-0.39, 0.29) is 35.5 Å². The monoisotopic (exact) mass is 465 g/mol. The van der Waals surface area contributed by atoms with Gasteiger partial charge in [-0.25, -0.2) is 4.79 Å². The second kappa shape index (κ2) is 10.8. The first-order valence-electron chi connectivity index (χ1n) is 11.6. The third-order valence-electron chi connectivity index (χ3n) is 6.85. The van der Waals surface area contributed by atoms with Crippen LogP contribution in [-0.2, 0) is 22.7 Å². The number of aromatic carboxylic acids is 1. The molecule has 1 aromatic heterocycles. The molecule has 3 heterocycles. The van der Waals surface area contributed by atoms with E-state index < -0.39 is 5.97 Å². The average molecular weight is 466 g/mol. The molecule has 34 heavy (non-hydrogen) atoms. The fraction of sp³-hybridized carbons (Fsp3) is 0.440. The molecule has 0 bridgehead atoms. The molecule has 3 atom stereocenters. The number of fused-ring (bicyclic) bond motifs is 1. The third kappa shape index (κ3) is 5.60. The molecule has 2 saturated heterocycles. The number of likely N-dealkylation sites (tertiary alicyclic amines) is 1. The maximum atomic E-state index is 13.0. The molecule has 3 N–H and O–H groups in total. The molecule has 2 aromatic rings. The zero-order valence-corrected chi connectivity index (χ0v) is 19.3. The van der Waals surface area contributed by atoms with Gasteiger partial charge in [-0.05, 0) is 49.2 Å². The minimum absolute atomic E-state index is 0.0118. The molecule has 2 aliphatic heterocycles. The van der Waals surface area contributed by atoms with Crippen molar-refractivity contribution >= 4 is 17.8 Å². The molecule has 2 amide bonds. The van der Waals surface area contributed by atoms with Crippen molar-refractivity contribution in [1.29, 1.82) is 0 Å². The molecule has 4 rings (SSSR count). The first kappa shape index (κ1) is 23.8. The van der Waals surface area contributed by atoms with Crippen molar-refractivity contribution in [3.63, 3.8) is 0 Å². The largest absolute Gasteiger partial charge is 0.478 e. The molecule has 180 valence electrons. The minimum atomic E-state index is -0.950. The number of amides is 2. The van der Waals surface area contributed by atoms with Crippen LogP contribution in [0.25, 0.3) is 0 Å². The van der Waals surface area contributed by atoms with Gasteiger partial charge in [0.2, 0.25) is 11.8 Å². The summed E-state index contributed by atoms with van der Waals surface area (Å²) in [7, 11) is 2.04. The second-order valence-electron chi connectivity index (χ2n) is 9.01. The fourth-order valence-electron chi connectivity index (χ4n) is 4.90. The van der Waals surface area contributed by atoms with Crippen molar-refractivity contribution in [3.05, 3.63) is 65.5 Å². The lowest BCUT2D eigenvalue weighted by Crippen LogP contribution is -2.49. The van der Waals surface area contributed by atoms with Crippen molar-refractivity contribution in [2.45, 2.75) is 50.5 Å². The Balaban J connectivity index is 1.33. The molecule has 9 heteroatoms. The van der Waals surface area contributed by atoms with E-state index in [1.807, 2.05) is 31.3 Å². The van der Waals surface area contributed by atoms with Crippen LogP contribution in [0.1, 0.15) is 40.7 Å². The Morgan fingerprint density at radius 1 is 1.21 bits per heavy atom.